The van der Waals surface area contributed by atoms with E-state index in [2.05, 4.69) is 5.32 Å². The molecule has 0 unspecified atom stereocenters. The third-order valence-electron chi connectivity index (χ3n) is 3.31. The molecule has 6 heteroatoms. The van der Waals surface area contributed by atoms with Crippen molar-refractivity contribution in [3.8, 4) is 0 Å². The number of thioether (sulfide) groups is 1. The molecule has 5 nitrogen and oxygen atoms in total. The molecule has 0 aliphatic rings. The number of esters is 1. The van der Waals surface area contributed by atoms with Crippen LogP contribution in [0.3, 0.4) is 0 Å². The molecule has 0 spiro atoms. The van der Waals surface area contributed by atoms with Crippen molar-refractivity contribution in [2.24, 2.45) is 0 Å². The molecule has 0 radical (unpaired) electrons. The van der Waals surface area contributed by atoms with Crippen molar-refractivity contribution in [1.29, 1.82) is 0 Å². The Morgan fingerprint density at radius 3 is 2.38 bits per heavy atom. The highest BCUT2D eigenvalue weighted by atomic mass is 32.2. The summed E-state index contributed by atoms with van der Waals surface area (Å²) in [6, 6.07) is 16.0. The number of Topliss-reactive ketones (excluding diaryl/α,β-unsaturated/α-hetero) is 1. The van der Waals surface area contributed by atoms with Crippen molar-refractivity contribution in [2.45, 2.75) is 18.2 Å². The summed E-state index contributed by atoms with van der Waals surface area (Å²) in [4.78, 5) is 36.0. The summed E-state index contributed by atoms with van der Waals surface area (Å²) < 4.78 is 4.95. The maximum absolute atomic E-state index is 12.0. The van der Waals surface area contributed by atoms with E-state index in [0.717, 1.165) is 4.90 Å². The number of amides is 1. The van der Waals surface area contributed by atoms with Crippen LogP contribution in [0.4, 0.5) is 5.69 Å². The molecule has 0 atom stereocenters. The van der Waals surface area contributed by atoms with Crippen LogP contribution in [0.1, 0.15) is 23.7 Å². The van der Waals surface area contributed by atoms with Gasteiger partial charge in [0, 0.05) is 28.6 Å². The number of rotatable bonds is 8. The minimum Gasteiger partial charge on any atom is -0.454 e. The maximum atomic E-state index is 12.0. The van der Waals surface area contributed by atoms with Gasteiger partial charge in [0.15, 0.2) is 12.4 Å². The monoisotopic (exact) mass is 369 g/mol. The van der Waals surface area contributed by atoms with Gasteiger partial charge in [-0.2, -0.15) is 0 Å². The third-order valence-corrected chi connectivity index (χ3v) is 4.13. The van der Waals surface area contributed by atoms with Gasteiger partial charge in [-0.3, -0.25) is 9.59 Å². The Morgan fingerprint density at radius 1 is 1.04 bits per heavy atom. The van der Waals surface area contributed by atoms with Gasteiger partial charge in [-0.1, -0.05) is 36.9 Å². The first-order chi connectivity index (χ1) is 12.6. The lowest BCUT2D eigenvalue weighted by atomic mass is 10.1. The molecule has 2 aromatic rings. The number of hydrogen-bond donors (Lipinski definition) is 1. The summed E-state index contributed by atoms with van der Waals surface area (Å²) in [6.45, 7) is 1.42. The van der Waals surface area contributed by atoms with E-state index in [-0.39, 0.29) is 18.3 Å². The molecule has 134 valence electrons. The summed E-state index contributed by atoms with van der Waals surface area (Å²) in [5.41, 5.74) is 1.03. The lowest BCUT2D eigenvalue weighted by molar-refractivity contribution is -0.136. The molecule has 0 bridgehead atoms. The lowest BCUT2D eigenvalue weighted by Gasteiger charge is -2.05. The van der Waals surface area contributed by atoms with Crippen molar-refractivity contribution in [2.75, 3.05) is 11.9 Å². The Bertz CT molecular complexity index is 785. The van der Waals surface area contributed by atoms with Gasteiger partial charge >= 0.3 is 5.97 Å². The van der Waals surface area contributed by atoms with Crippen LogP contribution >= 0.6 is 11.8 Å². The van der Waals surface area contributed by atoms with E-state index in [1.54, 1.807) is 36.6 Å². The summed E-state index contributed by atoms with van der Waals surface area (Å²) in [7, 11) is 0. The number of carbonyl (C=O) groups is 3. The Balaban J connectivity index is 1.78. The van der Waals surface area contributed by atoms with E-state index in [1.165, 1.54) is 17.8 Å². The molecule has 1 N–H and O–H groups in total. The Labute approximate surface area is 156 Å². The molecular weight excluding hydrogens is 350 g/mol. The predicted octanol–water partition coefficient (Wildman–Crippen LogP) is 4.07. The summed E-state index contributed by atoms with van der Waals surface area (Å²) >= 11 is 1.39. The van der Waals surface area contributed by atoms with Gasteiger partial charge in [0.25, 0.3) is 0 Å². The normalized spacial score (nSPS) is 10.5. The Morgan fingerprint density at radius 2 is 1.73 bits per heavy atom. The molecular formula is C20H19NO4S. The average Bonchev–Trinajstić information content (AvgIpc) is 2.67. The highest BCUT2D eigenvalue weighted by Gasteiger charge is 2.09. The highest BCUT2D eigenvalue weighted by Crippen LogP contribution is 2.17. The van der Waals surface area contributed by atoms with Crippen LogP contribution in [-0.2, 0) is 14.3 Å². The molecule has 0 saturated heterocycles. The SMILES string of the molecule is CCC(=O)Nc1ccc(C(=O)COC(=O)/C=C/Sc2ccccc2)cc1. The number of benzene rings is 2. The summed E-state index contributed by atoms with van der Waals surface area (Å²) in [5, 5.41) is 4.32. The number of nitrogens with one attached hydrogen (secondary N) is 1. The van der Waals surface area contributed by atoms with E-state index in [1.807, 2.05) is 30.3 Å². The zero-order valence-electron chi connectivity index (χ0n) is 14.3. The first kappa shape index (κ1) is 19.5. The highest BCUT2D eigenvalue weighted by molar-refractivity contribution is 8.02. The van der Waals surface area contributed by atoms with Gasteiger partial charge in [-0.25, -0.2) is 4.79 Å². The number of anilines is 1. The van der Waals surface area contributed by atoms with Crippen LogP contribution in [0.15, 0.2) is 71.0 Å². The minimum atomic E-state index is -0.575. The summed E-state index contributed by atoms with van der Waals surface area (Å²) in [6.07, 6.45) is 1.67. The van der Waals surface area contributed by atoms with Crippen LogP contribution in [0.5, 0.6) is 0 Å². The average molecular weight is 369 g/mol. The second-order valence-corrected chi connectivity index (χ2v) is 6.22. The van der Waals surface area contributed by atoms with Crippen molar-refractivity contribution in [1.82, 2.24) is 0 Å². The number of ether oxygens (including phenoxy) is 1. The van der Waals surface area contributed by atoms with E-state index >= 15 is 0 Å². The van der Waals surface area contributed by atoms with Gasteiger partial charge in [-0.15, -0.1) is 0 Å². The van der Waals surface area contributed by atoms with Gasteiger partial charge in [0.2, 0.25) is 5.91 Å². The standard InChI is InChI=1S/C20H19NO4S/c1-2-19(23)21-16-10-8-15(9-11-16)18(22)14-25-20(24)12-13-26-17-6-4-3-5-7-17/h3-13H,2,14H2,1H3,(H,21,23)/b13-12+. The molecule has 0 fully saturated rings. The maximum Gasteiger partial charge on any atom is 0.331 e. The number of ketones is 1. The first-order valence-corrected chi connectivity index (χ1v) is 8.94. The zero-order valence-corrected chi connectivity index (χ0v) is 15.1. The molecule has 0 heterocycles. The van der Waals surface area contributed by atoms with Crippen LogP contribution in [0.25, 0.3) is 0 Å². The number of hydrogen-bond acceptors (Lipinski definition) is 5. The minimum absolute atomic E-state index is 0.0989. The van der Waals surface area contributed by atoms with Gasteiger partial charge in [0.05, 0.1) is 0 Å². The van der Waals surface area contributed by atoms with Crippen LogP contribution in [0, 0.1) is 0 Å². The molecule has 1 amide bonds. The third kappa shape index (κ3) is 6.57. The van der Waals surface area contributed by atoms with Crippen molar-refractivity contribution >= 4 is 35.1 Å². The van der Waals surface area contributed by atoms with Crippen molar-refractivity contribution in [3.63, 3.8) is 0 Å². The molecule has 2 aromatic carbocycles. The summed E-state index contributed by atoms with van der Waals surface area (Å²) in [5.74, 6) is -0.984. The number of carbonyl (C=O) groups excluding carboxylic acids is 3. The van der Waals surface area contributed by atoms with E-state index < -0.39 is 5.97 Å². The molecule has 0 aliphatic carbocycles. The van der Waals surface area contributed by atoms with Gasteiger partial charge in [0.1, 0.15) is 0 Å². The predicted molar refractivity (Wildman–Crippen MR) is 102 cm³/mol. The van der Waals surface area contributed by atoms with E-state index in [4.69, 9.17) is 4.74 Å². The second-order valence-electron chi connectivity index (χ2n) is 5.24. The largest absolute Gasteiger partial charge is 0.454 e. The van der Waals surface area contributed by atoms with Gasteiger partial charge in [-0.05, 0) is 41.8 Å². The van der Waals surface area contributed by atoms with Crippen molar-refractivity contribution < 1.29 is 19.1 Å². The molecule has 0 aliphatic heterocycles. The topological polar surface area (TPSA) is 72.5 Å². The molecule has 2 rings (SSSR count). The van der Waals surface area contributed by atoms with Gasteiger partial charge < -0.3 is 10.1 Å². The van der Waals surface area contributed by atoms with Crippen LogP contribution in [0.2, 0.25) is 0 Å². The molecule has 0 saturated carbocycles. The molecule has 26 heavy (non-hydrogen) atoms. The molecule has 0 aromatic heterocycles. The van der Waals surface area contributed by atoms with E-state index in [0.29, 0.717) is 17.7 Å². The van der Waals surface area contributed by atoms with Crippen LogP contribution in [-0.4, -0.2) is 24.3 Å². The second kappa shape index (κ2) is 10.2. The Kier molecular flexibility index (Phi) is 7.64. The lowest BCUT2D eigenvalue weighted by Crippen LogP contribution is -2.13. The fourth-order valence-electron chi connectivity index (χ4n) is 1.92. The Hall–Kier alpha value is -2.86. The smallest absolute Gasteiger partial charge is 0.331 e. The fraction of sp³-hybridized carbons (Fsp3) is 0.150. The quantitative estimate of drug-likeness (QED) is 0.329. The van der Waals surface area contributed by atoms with Crippen molar-refractivity contribution in [3.05, 3.63) is 71.6 Å². The van der Waals surface area contributed by atoms with Crippen LogP contribution < -0.4 is 5.32 Å². The first-order valence-electron chi connectivity index (χ1n) is 8.06. The van der Waals surface area contributed by atoms with E-state index in [9.17, 15) is 14.4 Å². The fourth-order valence-corrected chi connectivity index (χ4v) is 2.57. The zero-order chi connectivity index (χ0) is 18.8.